The summed E-state index contributed by atoms with van der Waals surface area (Å²) < 4.78 is 88.6. The topological polar surface area (TPSA) is 95.1 Å². The first-order valence-electron chi connectivity index (χ1n) is 18.2. The first-order chi connectivity index (χ1) is 25.2. The van der Waals surface area contributed by atoms with Crippen molar-refractivity contribution in [2.45, 2.75) is 83.3 Å². The molecule has 2 atom stereocenters. The highest BCUT2D eigenvalue weighted by molar-refractivity contribution is 6.08. The number of hydrogen-bond acceptors (Lipinski definition) is 6. The van der Waals surface area contributed by atoms with Crippen LogP contribution in [0.25, 0.3) is 0 Å². The zero-order chi connectivity index (χ0) is 39.2. The maximum absolute atomic E-state index is 14.2. The largest absolute Gasteiger partial charge is 0.444 e. The van der Waals surface area contributed by atoms with Gasteiger partial charge in [-0.1, -0.05) is 31.2 Å². The summed E-state index contributed by atoms with van der Waals surface area (Å²) >= 11 is 0. The van der Waals surface area contributed by atoms with E-state index in [4.69, 9.17) is 4.74 Å². The van der Waals surface area contributed by atoms with E-state index >= 15 is 0 Å². The van der Waals surface area contributed by atoms with Crippen LogP contribution in [0.1, 0.15) is 64.5 Å². The standard InChI is InChI=1S/C39H45F6N5O4/c1-24-29(38(40,41)42)19-26(20-30(24)39(43,44)45)23-50-31-8-6-5-7-28(31)37(34(50)52)12-17-49(18-13-37)33(51)27-10-15-48(16-11-27)22-25-9-14-46-32(21-25)47-35(53)54-36(2,3)4/h5-9,14,19-21,24,27,29H,10-13,15-18,22-23H2,1-4H3,(H,46,47,53). The number of hydrogen-bond donors (Lipinski definition) is 1. The first-order valence-corrected chi connectivity index (χ1v) is 18.2. The van der Waals surface area contributed by atoms with Crippen LogP contribution < -0.4 is 10.2 Å². The van der Waals surface area contributed by atoms with Crippen molar-refractivity contribution in [2.75, 3.05) is 42.9 Å². The van der Waals surface area contributed by atoms with E-state index < -0.39 is 53.4 Å². The van der Waals surface area contributed by atoms with Gasteiger partial charge in [0.15, 0.2) is 0 Å². The number of amides is 3. The molecule has 6 rings (SSSR count). The van der Waals surface area contributed by atoms with Gasteiger partial charge in [0, 0.05) is 48.9 Å². The Morgan fingerprint density at radius 2 is 1.63 bits per heavy atom. The molecule has 2 saturated heterocycles. The number of nitrogens with one attached hydrogen (secondary N) is 1. The number of allylic oxidation sites excluding steroid dienone is 2. The number of aromatic nitrogens is 1. The minimum atomic E-state index is -4.96. The summed E-state index contributed by atoms with van der Waals surface area (Å²) in [6, 6.07) is 10.6. The van der Waals surface area contributed by atoms with Crippen molar-refractivity contribution in [3.63, 3.8) is 0 Å². The molecule has 3 aliphatic heterocycles. The van der Waals surface area contributed by atoms with E-state index in [-0.39, 0.29) is 36.1 Å². The summed E-state index contributed by atoms with van der Waals surface area (Å²) in [6.07, 6.45) is -5.41. The number of piperidine rings is 2. The Hall–Kier alpha value is -4.40. The third kappa shape index (κ3) is 8.30. The smallest absolute Gasteiger partial charge is 0.413 e. The van der Waals surface area contributed by atoms with E-state index in [9.17, 15) is 40.7 Å². The molecule has 1 N–H and O–H groups in total. The van der Waals surface area contributed by atoms with Crippen molar-refractivity contribution in [1.29, 1.82) is 0 Å². The van der Waals surface area contributed by atoms with Crippen molar-refractivity contribution < 1.29 is 45.5 Å². The Labute approximate surface area is 310 Å². The van der Waals surface area contributed by atoms with Gasteiger partial charge < -0.3 is 14.5 Å². The second-order valence-corrected chi connectivity index (χ2v) is 15.7. The highest BCUT2D eigenvalue weighted by Gasteiger charge is 2.54. The molecule has 0 bridgehead atoms. The molecule has 0 radical (unpaired) electrons. The average Bonchev–Trinajstić information content (AvgIpc) is 3.30. The molecule has 1 aromatic heterocycles. The van der Waals surface area contributed by atoms with Gasteiger partial charge in [0.2, 0.25) is 11.8 Å². The van der Waals surface area contributed by atoms with Gasteiger partial charge >= 0.3 is 18.4 Å². The van der Waals surface area contributed by atoms with Gasteiger partial charge in [0.1, 0.15) is 11.4 Å². The number of benzene rings is 1. The molecular formula is C39H45F6N5O4. The van der Waals surface area contributed by atoms with E-state index in [1.807, 2.05) is 6.07 Å². The monoisotopic (exact) mass is 761 g/mol. The minimum absolute atomic E-state index is 0.0114. The predicted molar refractivity (Wildman–Crippen MR) is 189 cm³/mol. The van der Waals surface area contributed by atoms with Crippen molar-refractivity contribution in [1.82, 2.24) is 14.8 Å². The van der Waals surface area contributed by atoms with Crippen molar-refractivity contribution in [3.05, 3.63) is 77.0 Å². The SMILES string of the molecule is CC1C(C(F)(F)F)=CC(CN2C(=O)C3(CCN(C(=O)C4CCN(Cc5ccnc(NC(=O)OC(C)(C)C)c5)CC4)CC3)c3ccccc32)=CC1C(F)(F)F. The number of carbonyl (C=O) groups excluding carboxylic acids is 3. The first kappa shape index (κ1) is 39.3. The van der Waals surface area contributed by atoms with E-state index in [2.05, 4.69) is 15.2 Å². The van der Waals surface area contributed by atoms with Gasteiger partial charge in [0.25, 0.3) is 0 Å². The third-order valence-electron chi connectivity index (χ3n) is 10.9. The summed E-state index contributed by atoms with van der Waals surface area (Å²) in [5.74, 6) is -4.34. The summed E-state index contributed by atoms with van der Waals surface area (Å²) in [4.78, 5) is 49.6. The van der Waals surface area contributed by atoms with Crippen LogP contribution in [-0.4, -0.2) is 83.4 Å². The lowest BCUT2D eigenvalue weighted by atomic mass is 9.73. The van der Waals surface area contributed by atoms with Gasteiger partial charge in [-0.3, -0.25) is 19.8 Å². The van der Waals surface area contributed by atoms with Gasteiger partial charge in [0.05, 0.1) is 17.9 Å². The van der Waals surface area contributed by atoms with Crippen molar-refractivity contribution in [3.8, 4) is 0 Å². The number of nitrogens with zero attached hydrogens (tertiary/aromatic N) is 4. The lowest BCUT2D eigenvalue weighted by Crippen LogP contribution is -2.52. The molecule has 1 aliphatic carbocycles. The second kappa shape index (κ2) is 14.7. The average molecular weight is 762 g/mol. The molecule has 3 amide bonds. The molecule has 1 spiro atoms. The zero-order valence-electron chi connectivity index (χ0n) is 30.7. The number of pyridine rings is 1. The maximum atomic E-state index is 14.2. The molecule has 2 unspecified atom stereocenters. The van der Waals surface area contributed by atoms with E-state index in [1.54, 1.807) is 62.2 Å². The normalized spacial score (nSPS) is 22.5. The number of ether oxygens (including phenoxy) is 1. The van der Waals surface area contributed by atoms with Gasteiger partial charge in [-0.15, -0.1) is 0 Å². The Balaban J connectivity index is 1.07. The van der Waals surface area contributed by atoms with Gasteiger partial charge in [-0.05, 0) is 101 Å². The number of carbonyl (C=O) groups is 3. The molecule has 0 saturated carbocycles. The number of anilines is 2. The number of likely N-dealkylation sites (tertiary alicyclic amines) is 2. The summed E-state index contributed by atoms with van der Waals surface area (Å²) in [5.41, 5.74) is -1.09. The number of rotatable bonds is 6. The highest BCUT2D eigenvalue weighted by atomic mass is 19.4. The zero-order valence-corrected chi connectivity index (χ0v) is 30.7. The highest BCUT2D eigenvalue weighted by Crippen LogP contribution is 2.50. The molecule has 4 heterocycles. The number of alkyl halides is 6. The fourth-order valence-corrected chi connectivity index (χ4v) is 8.20. The third-order valence-corrected chi connectivity index (χ3v) is 10.9. The van der Waals surface area contributed by atoms with Crippen LogP contribution in [0.15, 0.2) is 65.9 Å². The second-order valence-electron chi connectivity index (χ2n) is 15.7. The fourth-order valence-electron chi connectivity index (χ4n) is 8.20. The van der Waals surface area contributed by atoms with Crippen LogP contribution in [0.5, 0.6) is 0 Å². The summed E-state index contributed by atoms with van der Waals surface area (Å²) in [7, 11) is 0. The summed E-state index contributed by atoms with van der Waals surface area (Å²) in [6.45, 7) is 8.37. The molecule has 2 fully saturated rings. The lowest BCUT2D eigenvalue weighted by Gasteiger charge is -2.41. The molecular weight excluding hydrogens is 716 g/mol. The minimum Gasteiger partial charge on any atom is -0.444 e. The Bertz CT molecular complexity index is 1820. The fraction of sp³-hybridized carbons (Fsp3) is 0.538. The van der Waals surface area contributed by atoms with Gasteiger partial charge in [-0.2, -0.15) is 26.3 Å². The van der Waals surface area contributed by atoms with Crippen molar-refractivity contribution in [2.24, 2.45) is 17.8 Å². The molecule has 54 heavy (non-hydrogen) atoms. The number of halogens is 6. The van der Waals surface area contributed by atoms with Gasteiger partial charge in [-0.25, -0.2) is 9.78 Å². The molecule has 2 aromatic rings. The van der Waals surface area contributed by atoms with Crippen LogP contribution >= 0.6 is 0 Å². The maximum Gasteiger partial charge on any atom is 0.413 e. The molecule has 4 aliphatic rings. The predicted octanol–water partition coefficient (Wildman–Crippen LogP) is 7.79. The van der Waals surface area contributed by atoms with E-state index in [0.29, 0.717) is 62.6 Å². The quantitative estimate of drug-likeness (QED) is 0.302. The van der Waals surface area contributed by atoms with E-state index in [1.165, 1.54) is 4.90 Å². The molecule has 292 valence electrons. The van der Waals surface area contributed by atoms with Crippen molar-refractivity contribution >= 4 is 29.4 Å². The molecule has 15 heteroatoms. The van der Waals surface area contributed by atoms with Crippen LogP contribution in [0.4, 0.5) is 42.6 Å². The lowest BCUT2D eigenvalue weighted by molar-refractivity contribution is -0.177. The number of fused-ring (bicyclic) bond motifs is 2. The Morgan fingerprint density at radius 1 is 0.963 bits per heavy atom. The Kier molecular flexibility index (Phi) is 10.7. The summed E-state index contributed by atoms with van der Waals surface area (Å²) in [5, 5.41) is 2.65. The number of para-hydroxylation sites is 1. The van der Waals surface area contributed by atoms with E-state index in [0.717, 1.165) is 24.6 Å². The van der Waals surface area contributed by atoms with Crippen LogP contribution in [0.3, 0.4) is 0 Å². The Morgan fingerprint density at radius 3 is 2.26 bits per heavy atom. The molecule has 9 nitrogen and oxygen atoms in total. The van der Waals surface area contributed by atoms with Crippen LogP contribution in [-0.2, 0) is 26.3 Å². The van der Waals surface area contributed by atoms with Crippen LogP contribution in [0, 0.1) is 17.8 Å². The van der Waals surface area contributed by atoms with Crippen LogP contribution in [0.2, 0.25) is 0 Å². The molecule has 1 aromatic carbocycles.